The zero-order valence-corrected chi connectivity index (χ0v) is 8.86. The lowest BCUT2D eigenvalue weighted by Crippen LogP contribution is -2.25. The van der Waals surface area contributed by atoms with Crippen molar-refractivity contribution in [3.8, 4) is 0 Å². The van der Waals surface area contributed by atoms with Crippen molar-refractivity contribution in [1.82, 2.24) is 15.3 Å². The first kappa shape index (κ1) is 11.4. The van der Waals surface area contributed by atoms with Crippen LogP contribution in [-0.2, 0) is 4.79 Å². The SMILES string of the molecule is CCCNC(=O)CCNc1cnccn1. The summed E-state index contributed by atoms with van der Waals surface area (Å²) in [5.74, 6) is 0.758. The van der Waals surface area contributed by atoms with Crippen LogP contribution in [0.2, 0.25) is 0 Å². The van der Waals surface area contributed by atoms with Crippen molar-refractivity contribution < 1.29 is 4.79 Å². The number of hydrogen-bond acceptors (Lipinski definition) is 4. The first-order valence-electron chi connectivity index (χ1n) is 5.09. The molecule has 0 unspecified atom stereocenters. The summed E-state index contributed by atoms with van der Waals surface area (Å²) in [5, 5.41) is 5.82. The van der Waals surface area contributed by atoms with E-state index in [1.807, 2.05) is 6.92 Å². The van der Waals surface area contributed by atoms with E-state index in [1.165, 1.54) is 0 Å². The van der Waals surface area contributed by atoms with Crippen LogP contribution in [0.25, 0.3) is 0 Å². The molecule has 82 valence electrons. The second-order valence-corrected chi connectivity index (χ2v) is 3.12. The number of nitrogens with one attached hydrogen (secondary N) is 2. The van der Waals surface area contributed by atoms with Crippen LogP contribution in [-0.4, -0.2) is 29.0 Å². The van der Waals surface area contributed by atoms with E-state index in [4.69, 9.17) is 0 Å². The Kier molecular flexibility index (Phi) is 5.14. The molecule has 5 nitrogen and oxygen atoms in total. The van der Waals surface area contributed by atoms with Crippen LogP contribution in [0.5, 0.6) is 0 Å². The average Bonchev–Trinajstić information content (AvgIpc) is 2.28. The van der Waals surface area contributed by atoms with Gasteiger partial charge in [0.05, 0.1) is 6.20 Å². The Bertz CT molecular complexity index is 289. The van der Waals surface area contributed by atoms with Crippen molar-refractivity contribution in [1.29, 1.82) is 0 Å². The van der Waals surface area contributed by atoms with Gasteiger partial charge in [0.2, 0.25) is 5.91 Å². The van der Waals surface area contributed by atoms with E-state index in [0.717, 1.165) is 13.0 Å². The minimum atomic E-state index is 0.0632. The van der Waals surface area contributed by atoms with Crippen molar-refractivity contribution in [2.24, 2.45) is 0 Å². The third-order valence-electron chi connectivity index (χ3n) is 1.79. The van der Waals surface area contributed by atoms with Crippen molar-refractivity contribution in [3.05, 3.63) is 18.6 Å². The number of nitrogens with zero attached hydrogens (tertiary/aromatic N) is 2. The molecule has 0 aliphatic heterocycles. The van der Waals surface area contributed by atoms with E-state index >= 15 is 0 Å². The van der Waals surface area contributed by atoms with Crippen molar-refractivity contribution in [3.63, 3.8) is 0 Å². The van der Waals surface area contributed by atoms with Gasteiger partial charge in [-0.2, -0.15) is 0 Å². The first-order chi connectivity index (χ1) is 7.33. The standard InChI is InChI=1S/C10H16N4O/c1-2-4-14-10(15)3-5-12-9-8-11-6-7-13-9/h6-8H,2-5H2,1H3,(H,12,13)(H,14,15). The normalized spacial score (nSPS) is 9.67. The molecule has 2 N–H and O–H groups in total. The highest BCUT2D eigenvalue weighted by Crippen LogP contribution is 1.96. The predicted octanol–water partition coefficient (Wildman–Crippen LogP) is 0.805. The van der Waals surface area contributed by atoms with Gasteiger partial charge in [-0.3, -0.25) is 9.78 Å². The van der Waals surface area contributed by atoms with Gasteiger partial charge < -0.3 is 10.6 Å². The molecule has 1 aromatic rings. The predicted molar refractivity (Wildman–Crippen MR) is 58.4 cm³/mol. The summed E-state index contributed by atoms with van der Waals surface area (Å²) in [4.78, 5) is 19.1. The first-order valence-corrected chi connectivity index (χ1v) is 5.09. The maximum Gasteiger partial charge on any atom is 0.221 e. The highest BCUT2D eigenvalue weighted by atomic mass is 16.1. The van der Waals surface area contributed by atoms with Gasteiger partial charge in [0.15, 0.2) is 0 Å². The Morgan fingerprint density at radius 3 is 2.93 bits per heavy atom. The molecule has 0 fully saturated rings. The van der Waals surface area contributed by atoms with E-state index in [2.05, 4.69) is 20.6 Å². The molecular formula is C10H16N4O. The molecule has 0 aliphatic rings. The lowest BCUT2D eigenvalue weighted by Gasteiger charge is -2.05. The summed E-state index contributed by atoms with van der Waals surface area (Å²) in [5.41, 5.74) is 0. The molecule has 15 heavy (non-hydrogen) atoms. The highest BCUT2D eigenvalue weighted by Gasteiger charge is 1.99. The third-order valence-corrected chi connectivity index (χ3v) is 1.79. The molecule has 0 saturated heterocycles. The summed E-state index contributed by atoms with van der Waals surface area (Å²) in [6, 6.07) is 0. The Morgan fingerprint density at radius 1 is 1.40 bits per heavy atom. The zero-order chi connectivity index (χ0) is 10.9. The number of amides is 1. The van der Waals surface area contributed by atoms with Crippen LogP contribution in [0.1, 0.15) is 19.8 Å². The summed E-state index contributed by atoms with van der Waals surface area (Å²) >= 11 is 0. The quantitative estimate of drug-likeness (QED) is 0.725. The molecule has 1 heterocycles. The molecule has 0 aliphatic carbocycles. The Balaban J connectivity index is 2.14. The molecule has 0 bridgehead atoms. The molecular weight excluding hydrogens is 192 g/mol. The van der Waals surface area contributed by atoms with Gasteiger partial charge in [-0.15, -0.1) is 0 Å². The average molecular weight is 208 g/mol. The minimum absolute atomic E-state index is 0.0632. The number of rotatable bonds is 6. The van der Waals surface area contributed by atoms with Crippen LogP contribution in [0.3, 0.4) is 0 Å². The van der Waals surface area contributed by atoms with E-state index in [9.17, 15) is 4.79 Å². The second kappa shape index (κ2) is 6.75. The number of aromatic nitrogens is 2. The van der Waals surface area contributed by atoms with Crippen LogP contribution in [0.4, 0.5) is 5.82 Å². The smallest absolute Gasteiger partial charge is 0.221 e. The molecule has 0 aromatic carbocycles. The van der Waals surface area contributed by atoms with Gasteiger partial charge in [0, 0.05) is 31.9 Å². The second-order valence-electron chi connectivity index (χ2n) is 3.12. The van der Waals surface area contributed by atoms with E-state index in [0.29, 0.717) is 18.8 Å². The maximum atomic E-state index is 11.2. The molecule has 5 heteroatoms. The topological polar surface area (TPSA) is 66.9 Å². The lowest BCUT2D eigenvalue weighted by molar-refractivity contribution is -0.120. The van der Waals surface area contributed by atoms with E-state index < -0.39 is 0 Å². The zero-order valence-electron chi connectivity index (χ0n) is 8.86. The van der Waals surface area contributed by atoms with Crippen LogP contribution >= 0.6 is 0 Å². The Hall–Kier alpha value is -1.65. The molecule has 0 saturated carbocycles. The monoisotopic (exact) mass is 208 g/mol. The Labute approximate surface area is 89.3 Å². The summed E-state index contributed by atoms with van der Waals surface area (Å²) in [6.45, 7) is 3.34. The summed E-state index contributed by atoms with van der Waals surface area (Å²) < 4.78 is 0. The van der Waals surface area contributed by atoms with E-state index in [1.54, 1.807) is 18.6 Å². The summed E-state index contributed by atoms with van der Waals surface area (Å²) in [7, 11) is 0. The molecule has 0 atom stereocenters. The molecule has 1 rings (SSSR count). The van der Waals surface area contributed by atoms with Gasteiger partial charge in [-0.25, -0.2) is 4.98 Å². The fourth-order valence-corrected chi connectivity index (χ4v) is 1.05. The fourth-order valence-electron chi connectivity index (χ4n) is 1.05. The van der Waals surface area contributed by atoms with Gasteiger partial charge in [0.25, 0.3) is 0 Å². The highest BCUT2D eigenvalue weighted by molar-refractivity contribution is 5.76. The minimum Gasteiger partial charge on any atom is -0.368 e. The maximum absolute atomic E-state index is 11.2. The Morgan fingerprint density at radius 2 is 2.27 bits per heavy atom. The van der Waals surface area contributed by atoms with Gasteiger partial charge in [0.1, 0.15) is 5.82 Å². The molecule has 0 spiro atoms. The molecule has 1 aromatic heterocycles. The van der Waals surface area contributed by atoms with Crippen molar-refractivity contribution >= 4 is 11.7 Å². The van der Waals surface area contributed by atoms with Crippen LogP contribution in [0, 0.1) is 0 Å². The largest absolute Gasteiger partial charge is 0.368 e. The number of carbonyl (C=O) groups excluding carboxylic acids is 1. The van der Waals surface area contributed by atoms with Crippen molar-refractivity contribution in [2.45, 2.75) is 19.8 Å². The lowest BCUT2D eigenvalue weighted by atomic mass is 10.3. The van der Waals surface area contributed by atoms with Gasteiger partial charge in [-0.1, -0.05) is 6.92 Å². The molecule has 0 radical (unpaired) electrons. The number of hydrogen-bond donors (Lipinski definition) is 2. The number of anilines is 1. The van der Waals surface area contributed by atoms with Gasteiger partial charge >= 0.3 is 0 Å². The fraction of sp³-hybridized carbons (Fsp3) is 0.500. The number of carbonyl (C=O) groups is 1. The molecule has 1 amide bonds. The third kappa shape index (κ3) is 4.95. The van der Waals surface area contributed by atoms with Crippen molar-refractivity contribution in [2.75, 3.05) is 18.4 Å². The van der Waals surface area contributed by atoms with Crippen LogP contribution < -0.4 is 10.6 Å². The summed E-state index contributed by atoms with van der Waals surface area (Å²) in [6.07, 6.45) is 6.27. The van der Waals surface area contributed by atoms with E-state index in [-0.39, 0.29) is 5.91 Å². The van der Waals surface area contributed by atoms with Gasteiger partial charge in [-0.05, 0) is 6.42 Å². The van der Waals surface area contributed by atoms with Crippen LogP contribution in [0.15, 0.2) is 18.6 Å².